The lowest BCUT2D eigenvalue weighted by Gasteiger charge is -2.17. The first kappa shape index (κ1) is 12.7. The number of anilines is 1. The van der Waals surface area contributed by atoms with Crippen LogP contribution in [0.5, 0.6) is 11.5 Å². The molecule has 0 radical (unpaired) electrons. The van der Waals surface area contributed by atoms with Crippen LogP contribution in [0.15, 0.2) is 18.2 Å². The predicted octanol–water partition coefficient (Wildman–Crippen LogP) is 3.30. The zero-order valence-corrected chi connectivity index (χ0v) is 10.5. The number of rotatable bonds is 6. The molecular formula is C13H21NO2. The molecule has 0 aliphatic heterocycles. The van der Waals surface area contributed by atoms with Crippen LogP contribution in [0.4, 0.5) is 5.69 Å². The standard InChI is InChI=1S/C13H21NO2/c1-5-9-16-13-11(14-10(2)3)7-6-8-12(13)15-4/h6-8,10,14H,5,9H2,1-4H3. The molecule has 0 atom stereocenters. The van der Waals surface area contributed by atoms with Crippen molar-refractivity contribution < 1.29 is 9.47 Å². The van der Waals surface area contributed by atoms with Crippen molar-refractivity contribution in [3.05, 3.63) is 18.2 Å². The first-order valence-corrected chi connectivity index (χ1v) is 5.75. The Hall–Kier alpha value is -1.38. The highest BCUT2D eigenvalue weighted by Crippen LogP contribution is 2.35. The van der Waals surface area contributed by atoms with Gasteiger partial charge in [-0.15, -0.1) is 0 Å². The van der Waals surface area contributed by atoms with E-state index in [1.165, 1.54) is 0 Å². The Labute approximate surface area is 97.8 Å². The van der Waals surface area contributed by atoms with Crippen molar-refractivity contribution in [3.63, 3.8) is 0 Å². The van der Waals surface area contributed by atoms with Crippen LogP contribution < -0.4 is 14.8 Å². The Kier molecular flexibility index (Phi) is 4.96. The van der Waals surface area contributed by atoms with Crippen LogP contribution in [0.3, 0.4) is 0 Å². The van der Waals surface area contributed by atoms with E-state index < -0.39 is 0 Å². The highest BCUT2D eigenvalue weighted by molar-refractivity contribution is 5.63. The van der Waals surface area contributed by atoms with E-state index in [1.54, 1.807) is 7.11 Å². The summed E-state index contributed by atoms with van der Waals surface area (Å²) in [6.07, 6.45) is 0.985. The van der Waals surface area contributed by atoms with Gasteiger partial charge in [-0.2, -0.15) is 0 Å². The summed E-state index contributed by atoms with van der Waals surface area (Å²) in [5, 5.41) is 3.35. The molecule has 0 aromatic heterocycles. The zero-order chi connectivity index (χ0) is 12.0. The molecule has 0 unspecified atom stereocenters. The lowest BCUT2D eigenvalue weighted by molar-refractivity contribution is 0.295. The van der Waals surface area contributed by atoms with Crippen LogP contribution in [0.25, 0.3) is 0 Å². The van der Waals surface area contributed by atoms with Crippen molar-refractivity contribution >= 4 is 5.69 Å². The molecule has 1 rings (SSSR count). The van der Waals surface area contributed by atoms with Gasteiger partial charge in [0.25, 0.3) is 0 Å². The van der Waals surface area contributed by atoms with E-state index in [1.807, 2.05) is 18.2 Å². The van der Waals surface area contributed by atoms with Gasteiger partial charge in [0.05, 0.1) is 19.4 Å². The molecule has 1 N–H and O–H groups in total. The third-order valence-corrected chi connectivity index (χ3v) is 2.09. The van der Waals surface area contributed by atoms with Gasteiger partial charge < -0.3 is 14.8 Å². The molecule has 0 fully saturated rings. The smallest absolute Gasteiger partial charge is 0.184 e. The second-order valence-electron chi connectivity index (χ2n) is 3.98. The molecule has 0 saturated carbocycles. The van der Waals surface area contributed by atoms with Gasteiger partial charge in [-0.3, -0.25) is 0 Å². The molecule has 0 aliphatic rings. The van der Waals surface area contributed by atoms with Gasteiger partial charge in [0.15, 0.2) is 11.5 Å². The van der Waals surface area contributed by atoms with Crippen molar-refractivity contribution in [1.82, 2.24) is 0 Å². The van der Waals surface area contributed by atoms with E-state index in [9.17, 15) is 0 Å². The van der Waals surface area contributed by atoms with Crippen molar-refractivity contribution in [2.45, 2.75) is 33.2 Å². The lowest BCUT2D eigenvalue weighted by Crippen LogP contribution is -2.11. The fourth-order valence-electron chi connectivity index (χ4n) is 1.45. The predicted molar refractivity (Wildman–Crippen MR) is 67.5 cm³/mol. The summed E-state index contributed by atoms with van der Waals surface area (Å²) in [5.41, 5.74) is 0.989. The first-order valence-electron chi connectivity index (χ1n) is 5.75. The van der Waals surface area contributed by atoms with Gasteiger partial charge in [-0.05, 0) is 32.4 Å². The minimum atomic E-state index is 0.371. The van der Waals surface area contributed by atoms with Crippen LogP contribution in [0.1, 0.15) is 27.2 Å². The fourth-order valence-corrected chi connectivity index (χ4v) is 1.45. The van der Waals surface area contributed by atoms with Gasteiger partial charge in [-0.25, -0.2) is 0 Å². The maximum atomic E-state index is 5.72. The summed E-state index contributed by atoms with van der Waals surface area (Å²) >= 11 is 0. The van der Waals surface area contributed by atoms with Gasteiger partial charge in [0, 0.05) is 6.04 Å². The maximum absolute atomic E-state index is 5.72. The Morgan fingerprint density at radius 1 is 1.31 bits per heavy atom. The minimum absolute atomic E-state index is 0.371. The third-order valence-electron chi connectivity index (χ3n) is 2.09. The molecule has 0 heterocycles. The average Bonchev–Trinajstić information content (AvgIpc) is 2.26. The molecule has 0 amide bonds. The van der Waals surface area contributed by atoms with Crippen LogP contribution >= 0.6 is 0 Å². The Bertz CT molecular complexity index is 324. The van der Waals surface area contributed by atoms with Crippen LogP contribution in [-0.2, 0) is 0 Å². The summed E-state index contributed by atoms with van der Waals surface area (Å²) in [4.78, 5) is 0. The minimum Gasteiger partial charge on any atom is -0.493 e. The molecule has 3 heteroatoms. The number of nitrogens with one attached hydrogen (secondary N) is 1. The Balaban J connectivity index is 2.95. The van der Waals surface area contributed by atoms with Crippen molar-refractivity contribution in [2.24, 2.45) is 0 Å². The number of methoxy groups -OCH3 is 1. The summed E-state index contributed by atoms with van der Waals surface area (Å²) < 4.78 is 11.0. The van der Waals surface area contributed by atoms with Gasteiger partial charge in [0.1, 0.15) is 0 Å². The lowest BCUT2D eigenvalue weighted by atomic mass is 10.2. The highest BCUT2D eigenvalue weighted by atomic mass is 16.5. The van der Waals surface area contributed by atoms with Gasteiger partial charge in [0.2, 0.25) is 0 Å². The van der Waals surface area contributed by atoms with Gasteiger partial charge >= 0.3 is 0 Å². The summed E-state index contributed by atoms with van der Waals surface area (Å²) in [7, 11) is 1.66. The molecular weight excluding hydrogens is 202 g/mol. The molecule has 0 spiro atoms. The summed E-state index contributed by atoms with van der Waals surface area (Å²) in [6, 6.07) is 6.25. The van der Waals surface area contributed by atoms with E-state index in [4.69, 9.17) is 9.47 Å². The molecule has 0 saturated heterocycles. The van der Waals surface area contributed by atoms with E-state index in [-0.39, 0.29) is 0 Å². The maximum Gasteiger partial charge on any atom is 0.184 e. The Morgan fingerprint density at radius 2 is 2.06 bits per heavy atom. The molecule has 0 bridgehead atoms. The number of hydrogen-bond acceptors (Lipinski definition) is 3. The molecule has 0 aliphatic carbocycles. The van der Waals surface area contributed by atoms with Crippen molar-refractivity contribution in [1.29, 1.82) is 0 Å². The van der Waals surface area contributed by atoms with Crippen LogP contribution in [-0.4, -0.2) is 19.8 Å². The monoisotopic (exact) mass is 223 g/mol. The van der Waals surface area contributed by atoms with Crippen molar-refractivity contribution in [3.8, 4) is 11.5 Å². The molecule has 3 nitrogen and oxygen atoms in total. The van der Waals surface area contributed by atoms with Crippen LogP contribution in [0, 0.1) is 0 Å². The topological polar surface area (TPSA) is 30.5 Å². The van der Waals surface area contributed by atoms with E-state index in [0.29, 0.717) is 12.6 Å². The molecule has 1 aromatic carbocycles. The zero-order valence-electron chi connectivity index (χ0n) is 10.5. The van der Waals surface area contributed by atoms with E-state index in [0.717, 1.165) is 23.6 Å². The number of hydrogen-bond donors (Lipinski definition) is 1. The normalized spacial score (nSPS) is 10.3. The van der Waals surface area contributed by atoms with Crippen LogP contribution in [0.2, 0.25) is 0 Å². The fraction of sp³-hybridized carbons (Fsp3) is 0.538. The van der Waals surface area contributed by atoms with E-state index >= 15 is 0 Å². The number of para-hydroxylation sites is 1. The van der Waals surface area contributed by atoms with Crippen molar-refractivity contribution in [2.75, 3.05) is 19.0 Å². The van der Waals surface area contributed by atoms with E-state index in [2.05, 4.69) is 26.1 Å². The largest absolute Gasteiger partial charge is 0.493 e. The Morgan fingerprint density at radius 3 is 2.62 bits per heavy atom. The highest BCUT2D eigenvalue weighted by Gasteiger charge is 2.10. The molecule has 1 aromatic rings. The molecule has 16 heavy (non-hydrogen) atoms. The third kappa shape index (κ3) is 3.33. The molecule has 90 valence electrons. The van der Waals surface area contributed by atoms with Gasteiger partial charge in [-0.1, -0.05) is 13.0 Å². The average molecular weight is 223 g/mol. The SMILES string of the molecule is CCCOc1c(NC(C)C)cccc1OC. The summed E-state index contributed by atoms with van der Waals surface area (Å²) in [6.45, 7) is 6.99. The summed E-state index contributed by atoms with van der Waals surface area (Å²) in [5.74, 6) is 1.58. The first-order chi connectivity index (χ1) is 7.69. The quantitative estimate of drug-likeness (QED) is 0.802. The second kappa shape index (κ2) is 6.26. The number of benzene rings is 1. The number of ether oxygens (including phenoxy) is 2. The second-order valence-corrected chi connectivity index (χ2v) is 3.98.